The first-order valence-corrected chi connectivity index (χ1v) is 6.33. The van der Waals surface area contributed by atoms with Gasteiger partial charge in [0.15, 0.2) is 0 Å². The smallest absolute Gasteiger partial charge is 0.243 e. The number of benzene rings is 1. The van der Waals surface area contributed by atoms with Gasteiger partial charge in [-0.3, -0.25) is 14.5 Å². The third kappa shape index (κ3) is 2.61. The molecule has 0 bridgehead atoms. The Kier molecular flexibility index (Phi) is 3.85. The number of carbonyl (C=O) groups is 2. The van der Waals surface area contributed by atoms with E-state index >= 15 is 0 Å². The zero-order valence-corrected chi connectivity index (χ0v) is 11.1. The second kappa shape index (κ2) is 5.40. The van der Waals surface area contributed by atoms with E-state index < -0.39 is 6.04 Å². The minimum atomic E-state index is -0.524. The Bertz CT molecular complexity index is 501. The van der Waals surface area contributed by atoms with Crippen LogP contribution in [-0.2, 0) is 16.0 Å². The first-order valence-electron chi connectivity index (χ1n) is 6.33. The molecule has 1 aromatic rings. The molecule has 1 aromatic carbocycles. The molecule has 0 fully saturated rings. The van der Waals surface area contributed by atoms with E-state index in [2.05, 4.69) is 5.32 Å². The lowest BCUT2D eigenvalue weighted by Crippen LogP contribution is -2.50. The number of aliphatic hydroxyl groups excluding tert-OH is 1. The average Bonchev–Trinajstić information content (AvgIpc) is 2.77. The molecular formula is C14H18N2O3. The Morgan fingerprint density at radius 1 is 1.47 bits per heavy atom. The highest BCUT2D eigenvalue weighted by molar-refractivity contribution is 6.02. The van der Waals surface area contributed by atoms with Crippen LogP contribution in [0.15, 0.2) is 24.3 Å². The van der Waals surface area contributed by atoms with Crippen LogP contribution in [0.1, 0.15) is 19.4 Å². The molecule has 1 heterocycles. The molecule has 19 heavy (non-hydrogen) atoms. The van der Waals surface area contributed by atoms with Crippen LogP contribution in [-0.4, -0.2) is 35.6 Å². The molecule has 0 aliphatic carbocycles. The largest absolute Gasteiger partial charge is 0.394 e. The Morgan fingerprint density at radius 2 is 2.16 bits per heavy atom. The molecule has 2 N–H and O–H groups in total. The van der Waals surface area contributed by atoms with Crippen LogP contribution < -0.4 is 10.2 Å². The van der Waals surface area contributed by atoms with E-state index in [-0.39, 0.29) is 24.5 Å². The maximum atomic E-state index is 12.2. The van der Waals surface area contributed by atoms with Gasteiger partial charge in [0.1, 0.15) is 6.04 Å². The van der Waals surface area contributed by atoms with Gasteiger partial charge in [0.2, 0.25) is 11.8 Å². The SMILES string of the molecule is CC(=O)N1c2ccccc2C[C@H]1C(=O)NC(C)CO. The Morgan fingerprint density at radius 3 is 2.79 bits per heavy atom. The fraction of sp³-hybridized carbons (Fsp3) is 0.429. The van der Waals surface area contributed by atoms with E-state index in [1.165, 1.54) is 11.8 Å². The van der Waals surface area contributed by atoms with Crippen LogP contribution in [0.4, 0.5) is 5.69 Å². The van der Waals surface area contributed by atoms with Crippen molar-refractivity contribution in [2.75, 3.05) is 11.5 Å². The summed E-state index contributed by atoms with van der Waals surface area (Å²) in [6.45, 7) is 3.06. The van der Waals surface area contributed by atoms with Gasteiger partial charge < -0.3 is 10.4 Å². The van der Waals surface area contributed by atoms with Crippen LogP contribution in [0.5, 0.6) is 0 Å². The fourth-order valence-electron chi connectivity index (χ4n) is 2.37. The minimum Gasteiger partial charge on any atom is -0.394 e. The van der Waals surface area contributed by atoms with E-state index in [4.69, 9.17) is 5.11 Å². The van der Waals surface area contributed by atoms with Crippen LogP contribution in [0, 0.1) is 0 Å². The Balaban J connectivity index is 2.23. The summed E-state index contributed by atoms with van der Waals surface area (Å²) in [4.78, 5) is 25.5. The van der Waals surface area contributed by atoms with Crippen molar-refractivity contribution in [2.24, 2.45) is 0 Å². The number of amides is 2. The number of hydrogen-bond donors (Lipinski definition) is 2. The molecule has 5 nitrogen and oxygen atoms in total. The summed E-state index contributed by atoms with van der Waals surface area (Å²) < 4.78 is 0. The van der Waals surface area contributed by atoms with Gasteiger partial charge in [-0.25, -0.2) is 0 Å². The van der Waals surface area contributed by atoms with E-state index in [0.717, 1.165) is 11.3 Å². The average molecular weight is 262 g/mol. The second-order valence-electron chi connectivity index (χ2n) is 4.83. The van der Waals surface area contributed by atoms with E-state index in [0.29, 0.717) is 6.42 Å². The first kappa shape index (κ1) is 13.5. The zero-order valence-electron chi connectivity index (χ0n) is 11.1. The quantitative estimate of drug-likeness (QED) is 0.831. The summed E-state index contributed by atoms with van der Waals surface area (Å²) in [7, 11) is 0. The van der Waals surface area contributed by atoms with Crippen molar-refractivity contribution in [3.8, 4) is 0 Å². The molecular weight excluding hydrogens is 244 g/mol. The van der Waals surface area contributed by atoms with Crippen molar-refractivity contribution < 1.29 is 14.7 Å². The number of carbonyl (C=O) groups excluding carboxylic acids is 2. The number of para-hydroxylation sites is 1. The van der Waals surface area contributed by atoms with Gasteiger partial charge in [0, 0.05) is 25.1 Å². The van der Waals surface area contributed by atoms with Gasteiger partial charge in [-0.1, -0.05) is 18.2 Å². The molecule has 5 heteroatoms. The number of anilines is 1. The summed E-state index contributed by atoms with van der Waals surface area (Å²) in [5, 5.41) is 11.7. The monoisotopic (exact) mass is 262 g/mol. The fourth-order valence-corrected chi connectivity index (χ4v) is 2.37. The number of aliphatic hydroxyl groups is 1. The first-order chi connectivity index (χ1) is 9.04. The summed E-state index contributed by atoms with van der Waals surface area (Å²) in [6, 6.07) is 6.68. The van der Waals surface area contributed by atoms with Crippen molar-refractivity contribution in [2.45, 2.75) is 32.4 Å². The summed E-state index contributed by atoms with van der Waals surface area (Å²) >= 11 is 0. The molecule has 0 radical (unpaired) electrons. The standard InChI is InChI=1S/C14H18N2O3/c1-9(8-17)15-14(19)13-7-11-5-3-4-6-12(11)16(13)10(2)18/h3-6,9,13,17H,7-8H2,1-2H3,(H,15,19)/t9?,13-/m0/s1. The number of nitrogens with zero attached hydrogens (tertiary/aromatic N) is 1. The highest BCUT2D eigenvalue weighted by atomic mass is 16.3. The predicted octanol–water partition coefficient (Wildman–Crippen LogP) is 0.461. The van der Waals surface area contributed by atoms with Crippen LogP contribution >= 0.6 is 0 Å². The lowest BCUT2D eigenvalue weighted by atomic mass is 10.1. The van der Waals surface area contributed by atoms with Crippen molar-refractivity contribution >= 4 is 17.5 Å². The summed E-state index contributed by atoms with van der Waals surface area (Å²) in [6.07, 6.45) is 0.514. The minimum absolute atomic E-state index is 0.120. The predicted molar refractivity (Wildman–Crippen MR) is 71.8 cm³/mol. The van der Waals surface area contributed by atoms with E-state index in [1.807, 2.05) is 24.3 Å². The second-order valence-corrected chi connectivity index (χ2v) is 4.83. The number of rotatable bonds is 3. The van der Waals surface area contributed by atoms with Gasteiger partial charge >= 0.3 is 0 Å². The molecule has 1 aliphatic heterocycles. The third-order valence-corrected chi connectivity index (χ3v) is 3.28. The third-order valence-electron chi connectivity index (χ3n) is 3.28. The Labute approximate surface area is 112 Å². The lowest BCUT2D eigenvalue weighted by molar-refractivity contribution is -0.126. The molecule has 2 atom stereocenters. The highest BCUT2D eigenvalue weighted by Crippen LogP contribution is 2.32. The molecule has 1 aliphatic rings. The van der Waals surface area contributed by atoms with Crippen molar-refractivity contribution in [3.63, 3.8) is 0 Å². The van der Waals surface area contributed by atoms with E-state index in [1.54, 1.807) is 6.92 Å². The van der Waals surface area contributed by atoms with E-state index in [9.17, 15) is 9.59 Å². The molecule has 0 saturated heterocycles. The molecule has 2 rings (SSSR count). The molecule has 0 saturated carbocycles. The molecule has 1 unspecified atom stereocenters. The zero-order chi connectivity index (χ0) is 14.0. The molecule has 0 spiro atoms. The highest BCUT2D eigenvalue weighted by Gasteiger charge is 2.36. The maximum Gasteiger partial charge on any atom is 0.243 e. The maximum absolute atomic E-state index is 12.2. The molecule has 2 amide bonds. The summed E-state index contributed by atoms with van der Waals surface area (Å²) in [5.74, 6) is -0.380. The van der Waals surface area contributed by atoms with Gasteiger partial charge in [0.25, 0.3) is 0 Å². The van der Waals surface area contributed by atoms with Gasteiger partial charge in [-0.2, -0.15) is 0 Å². The molecule has 0 aromatic heterocycles. The summed E-state index contributed by atoms with van der Waals surface area (Å²) in [5.41, 5.74) is 1.79. The number of fused-ring (bicyclic) bond motifs is 1. The van der Waals surface area contributed by atoms with Crippen molar-refractivity contribution in [3.05, 3.63) is 29.8 Å². The van der Waals surface area contributed by atoms with Crippen molar-refractivity contribution in [1.29, 1.82) is 0 Å². The lowest BCUT2D eigenvalue weighted by Gasteiger charge is -2.24. The van der Waals surface area contributed by atoms with Crippen LogP contribution in [0.25, 0.3) is 0 Å². The van der Waals surface area contributed by atoms with Crippen LogP contribution in [0.2, 0.25) is 0 Å². The van der Waals surface area contributed by atoms with Gasteiger partial charge in [-0.05, 0) is 18.6 Å². The number of hydrogen-bond acceptors (Lipinski definition) is 3. The van der Waals surface area contributed by atoms with Gasteiger partial charge in [-0.15, -0.1) is 0 Å². The normalized spacial score (nSPS) is 18.9. The Hall–Kier alpha value is -1.88. The number of nitrogens with one attached hydrogen (secondary N) is 1. The molecule has 102 valence electrons. The van der Waals surface area contributed by atoms with Gasteiger partial charge in [0.05, 0.1) is 6.61 Å². The van der Waals surface area contributed by atoms with Crippen molar-refractivity contribution in [1.82, 2.24) is 5.32 Å². The van der Waals surface area contributed by atoms with Crippen LogP contribution in [0.3, 0.4) is 0 Å². The topological polar surface area (TPSA) is 69.6 Å².